The maximum Gasteiger partial charge on any atom is 0.408 e. The summed E-state index contributed by atoms with van der Waals surface area (Å²) in [6.45, 7) is 5.00. The molecule has 2 atom stereocenters. The first-order valence-electron chi connectivity index (χ1n) is 10.4. The highest BCUT2D eigenvalue weighted by molar-refractivity contribution is 5.91. The van der Waals surface area contributed by atoms with Gasteiger partial charge < -0.3 is 26.2 Å². The van der Waals surface area contributed by atoms with E-state index in [-0.39, 0.29) is 24.3 Å². The molecule has 0 aliphatic heterocycles. The van der Waals surface area contributed by atoms with Crippen LogP contribution in [0.2, 0.25) is 0 Å². The molecular weight excluding hydrogens is 444 g/mol. The first-order valence-corrected chi connectivity index (χ1v) is 10.4. The predicted octanol–water partition coefficient (Wildman–Crippen LogP) is 1.95. The molecule has 2 unspecified atom stereocenters. The predicted molar refractivity (Wildman–Crippen MR) is 123 cm³/mol. The van der Waals surface area contributed by atoms with Crippen LogP contribution in [0.15, 0.2) is 48.5 Å². The third-order valence-electron chi connectivity index (χ3n) is 4.63. The third kappa shape index (κ3) is 8.41. The van der Waals surface area contributed by atoms with Crippen molar-refractivity contribution >= 4 is 23.6 Å². The average Bonchev–Trinajstić information content (AvgIpc) is 2.73. The Morgan fingerprint density at radius 2 is 1.47 bits per heavy atom. The van der Waals surface area contributed by atoms with Gasteiger partial charge in [0, 0.05) is 25.0 Å². The molecule has 0 radical (unpaired) electrons. The number of amides is 3. The first-order chi connectivity index (χ1) is 15.8. The fraction of sp³-hybridized carbons (Fsp3) is 0.348. The lowest BCUT2D eigenvalue weighted by molar-refractivity contribution is -0.384. The number of nitro benzene ring substituents is 1. The Hall–Kier alpha value is -4.15. The van der Waals surface area contributed by atoms with Crippen LogP contribution in [0.1, 0.15) is 31.9 Å². The van der Waals surface area contributed by atoms with Crippen molar-refractivity contribution in [2.45, 2.75) is 51.3 Å². The maximum absolute atomic E-state index is 13.0. The zero-order valence-electron chi connectivity index (χ0n) is 19.1. The molecule has 0 fully saturated rings. The summed E-state index contributed by atoms with van der Waals surface area (Å²) in [6.07, 6.45) is -0.796. The van der Waals surface area contributed by atoms with Crippen molar-refractivity contribution in [3.05, 3.63) is 69.8 Å². The first kappa shape index (κ1) is 26.1. The van der Waals surface area contributed by atoms with Gasteiger partial charge in [-0.25, -0.2) is 4.79 Å². The molecule has 34 heavy (non-hydrogen) atoms. The number of hydrogen-bond acceptors (Lipinski definition) is 7. The number of nitrogens with two attached hydrogens (primary N) is 1. The molecule has 0 saturated carbocycles. The molecule has 182 valence electrons. The molecule has 0 spiro atoms. The van der Waals surface area contributed by atoms with Crippen molar-refractivity contribution in [2.75, 3.05) is 0 Å². The van der Waals surface area contributed by atoms with Crippen LogP contribution in [-0.4, -0.2) is 45.6 Å². The number of rotatable bonds is 9. The smallest absolute Gasteiger partial charge is 0.408 e. The zero-order chi connectivity index (χ0) is 25.5. The number of carbonyl (C=O) groups excluding carboxylic acids is 3. The van der Waals surface area contributed by atoms with Crippen LogP contribution in [0.4, 0.5) is 10.5 Å². The number of alkyl carbamates (subject to hydrolysis) is 1. The SMILES string of the molecule is CC(C)(C)OC(=O)NC(Cc1ccc([N+](=O)[O-])cc1)C(=O)NC(Cc1ccc(O)cc1)C(N)=O. The van der Waals surface area contributed by atoms with Gasteiger partial charge in [0.2, 0.25) is 11.8 Å². The molecule has 0 bridgehead atoms. The standard InChI is InChI=1S/C23H28N4O7/c1-23(2,3)34-22(31)26-19(13-14-4-8-16(9-5-14)27(32)33)21(30)25-18(20(24)29)12-15-6-10-17(28)11-7-15/h4-11,18-19,28H,12-13H2,1-3H3,(H2,24,29)(H,25,30)(H,26,31). The van der Waals surface area contributed by atoms with Crippen LogP contribution >= 0.6 is 0 Å². The number of phenols is 1. The van der Waals surface area contributed by atoms with Gasteiger partial charge in [-0.2, -0.15) is 0 Å². The van der Waals surface area contributed by atoms with Crippen LogP contribution in [0.25, 0.3) is 0 Å². The van der Waals surface area contributed by atoms with E-state index in [4.69, 9.17) is 10.5 Å². The van der Waals surface area contributed by atoms with E-state index in [1.165, 1.54) is 36.4 Å². The second kappa shape index (κ2) is 11.1. The van der Waals surface area contributed by atoms with Crippen molar-refractivity contribution in [2.24, 2.45) is 5.73 Å². The number of carbonyl (C=O) groups is 3. The number of nitrogens with one attached hydrogen (secondary N) is 2. The van der Waals surface area contributed by atoms with Crippen molar-refractivity contribution in [1.29, 1.82) is 0 Å². The molecule has 11 heteroatoms. The van der Waals surface area contributed by atoms with Crippen LogP contribution in [0, 0.1) is 10.1 Å². The van der Waals surface area contributed by atoms with Gasteiger partial charge in [0.15, 0.2) is 0 Å². The summed E-state index contributed by atoms with van der Waals surface area (Å²) in [5.41, 5.74) is 5.72. The summed E-state index contributed by atoms with van der Waals surface area (Å²) in [4.78, 5) is 47.7. The summed E-state index contributed by atoms with van der Waals surface area (Å²) in [6, 6.07) is 9.33. The van der Waals surface area contributed by atoms with Gasteiger partial charge in [-0.3, -0.25) is 19.7 Å². The Kier molecular flexibility index (Phi) is 8.54. The minimum atomic E-state index is -1.15. The number of non-ortho nitro benzene ring substituents is 1. The summed E-state index contributed by atoms with van der Waals surface area (Å²) in [5, 5.41) is 25.3. The molecule has 0 aromatic heterocycles. The number of nitrogens with zero attached hydrogens (tertiary/aromatic N) is 1. The van der Waals surface area contributed by atoms with E-state index >= 15 is 0 Å². The molecule has 2 aromatic rings. The highest BCUT2D eigenvalue weighted by Gasteiger charge is 2.28. The van der Waals surface area contributed by atoms with Gasteiger partial charge in [-0.05, 0) is 44.0 Å². The monoisotopic (exact) mass is 472 g/mol. The Labute approximate surface area is 196 Å². The van der Waals surface area contributed by atoms with Crippen molar-refractivity contribution < 1.29 is 29.2 Å². The highest BCUT2D eigenvalue weighted by Crippen LogP contribution is 2.15. The van der Waals surface area contributed by atoms with Crippen molar-refractivity contribution in [1.82, 2.24) is 10.6 Å². The molecule has 11 nitrogen and oxygen atoms in total. The number of nitro groups is 1. The summed E-state index contributed by atoms with van der Waals surface area (Å²) in [5.74, 6) is -1.42. The molecule has 0 aliphatic rings. The largest absolute Gasteiger partial charge is 0.508 e. The number of hydrogen-bond donors (Lipinski definition) is 4. The molecule has 0 heterocycles. The van der Waals surface area contributed by atoms with Crippen molar-refractivity contribution in [3.63, 3.8) is 0 Å². The number of ether oxygens (including phenoxy) is 1. The summed E-state index contributed by atoms with van der Waals surface area (Å²) >= 11 is 0. The van der Waals surface area contributed by atoms with Gasteiger partial charge in [0.25, 0.3) is 5.69 Å². The number of phenolic OH excluding ortho intramolecular Hbond substituents is 1. The summed E-state index contributed by atoms with van der Waals surface area (Å²) < 4.78 is 5.23. The van der Waals surface area contributed by atoms with E-state index in [0.29, 0.717) is 11.1 Å². The Bertz CT molecular complexity index is 1030. The van der Waals surface area contributed by atoms with Gasteiger partial charge in [-0.1, -0.05) is 24.3 Å². The number of primary amides is 1. The molecule has 3 amide bonds. The number of benzene rings is 2. The normalized spacial score (nSPS) is 12.8. The second-order valence-electron chi connectivity index (χ2n) is 8.66. The average molecular weight is 472 g/mol. The molecule has 2 rings (SSSR count). The Morgan fingerprint density at radius 3 is 1.94 bits per heavy atom. The minimum Gasteiger partial charge on any atom is -0.508 e. The lowest BCUT2D eigenvalue weighted by Crippen LogP contribution is -2.54. The maximum atomic E-state index is 13.0. The highest BCUT2D eigenvalue weighted by atomic mass is 16.6. The second-order valence-corrected chi connectivity index (χ2v) is 8.66. The van der Waals surface area contributed by atoms with Gasteiger partial charge in [0.05, 0.1) is 4.92 Å². The van der Waals surface area contributed by atoms with Crippen LogP contribution < -0.4 is 16.4 Å². The fourth-order valence-electron chi connectivity index (χ4n) is 3.01. The minimum absolute atomic E-state index is 0.0201. The van der Waals surface area contributed by atoms with E-state index in [1.807, 2.05) is 0 Å². The topological polar surface area (TPSA) is 174 Å². The zero-order valence-corrected chi connectivity index (χ0v) is 19.1. The Morgan fingerprint density at radius 1 is 0.971 bits per heavy atom. The lowest BCUT2D eigenvalue weighted by atomic mass is 10.0. The molecule has 0 aliphatic carbocycles. The van der Waals surface area contributed by atoms with E-state index in [2.05, 4.69) is 10.6 Å². The molecule has 0 saturated heterocycles. The van der Waals surface area contributed by atoms with E-state index in [1.54, 1.807) is 32.9 Å². The molecule has 5 N–H and O–H groups in total. The van der Waals surface area contributed by atoms with Gasteiger partial charge >= 0.3 is 6.09 Å². The third-order valence-corrected chi connectivity index (χ3v) is 4.63. The van der Waals surface area contributed by atoms with E-state index < -0.39 is 40.5 Å². The van der Waals surface area contributed by atoms with Gasteiger partial charge in [-0.15, -0.1) is 0 Å². The Balaban J connectivity index is 2.21. The van der Waals surface area contributed by atoms with Crippen molar-refractivity contribution in [3.8, 4) is 5.75 Å². The number of aromatic hydroxyl groups is 1. The molecule has 2 aromatic carbocycles. The quantitative estimate of drug-likeness (QED) is 0.319. The summed E-state index contributed by atoms with van der Waals surface area (Å²) in [7, 11) is 0. The fourth-order valence-corrected chi connectivity index (χ4v) is 3.01. The molecular formula is C23H28N4O7. The lowest BCUT2D eigenvalue weighted by Gasteiger charge is -2.25. The van der Waals surface area contributed by atoms with Crippen LogP contribution in [0.3, 0.4) is 0 Å². The van der Waals surface area contributed by atoms with Crippen LogP contribution in [-0.2, 0) is 27.2 Å². The van der Waals surface area contributed by atoms with E-state index in [9.17, 15) is 29.6 Å². The van der Waals surface area contributed by atoms with Crippen LogP contribution in [0.5, 0.6) is 5.75 Å². The van der Waals surface area contributed by atoms with Gasteiger partial charge in [0.1, 0.15) is 23.4 Å². The van der Waals surface area contributed by atoms with E-state index in [0.717, 1.165) is 0 Å².